The summed E-state index contributed by atoms with van der Waals surface area (Å²) in [4.78, 5) is 25.6. The second-order valence-corrected chi connectivity index (χ2v) is 6.22. The van der Waals surface area contributed by atoms with Crippen molar-refractivity contribution in [2.45, 2.75) is 6.42 Å². The van der Waals surface area contributed by atoms with Gasteiger partial charge in [-0.3, -0.25) is 9.59 Å². The average molecular weight is 350 g/mol. The Balaban J connectivity index is 1.69. The van der Waals surface area contributed by atoms with Crippen molar-refractivity contribution in [1.29, 1.82) is 0 Å². The van der Waals surface area contributed by atoms with E-state index in [1.165, 1.54) is 0 Å². The topological polar surface area (TPSA) is 58.6 Å². The lowest BCUT2D eigenvalue weighted by Crippen LogP contribution is -2.30. The molecule has 1 saturated heterocycles. The van der Waals surface area contributed by atoms with Crippen molar-refractivity contribution < 1.29 is 14.3 Å². The fourth-order valence-electron chi connectivity index (χ4n) is 3.04. The van der Waals surface area contributed by atoms with E-state index >= 15 is 0 Å². The number of hydrogen-bond acceptors (Lipinski definition) is 3. The van der Waals surface area contributed by atoms with E-state index in [1.54, 1.807) is 19.1 Å². The normalized spacial score (nSPS) is 16.9. The van der Waals surface area contributed by atoms with E-state index in [0.717, 1.165) is 22.6 Å². The third-order valence-corrected chi connectivity index (χ3v) is 4.51. The van der Waals surface area contributed by atoms with E-state index in [2.05, 4.69) is 5.32 Å². The minimum Gasteiger partial charge on any atom is -0.497 e. The molecule has 2 aromatic carbocycles. The van der Waals surface area contributed by atoms with Crippen molar-refractivity contribution in [3.63, 3.8) is 0 Å². The summed E-state index contributed by atoms with van der Waals surface area (Å²) < 4.78 is 5.22. The zero-order valence-corrected chi connectivity index (χ0v) is 14.9. The van der Waals surface area contributed by atoms with Gasteiger partial charge >= 0.3 is 0 Å². The van der Waals surface area contributed by atoms with Gasteiger partial charge in [0.05, 0.1) is 13.0 Å². The first-order valence-electron chi connectivity index (χ1n) is 8.55. The molecule has 1 atom stereocenters. The van der Waals surface area contributed by atoms with Gasteiger partial charge in [0.25, 0.3) is 0 Å². The molecule has 0 aromatic heterocycles. The van der Waals surface area contributed by atoms with E-state index in [-0.39, 0.29) is 24.2 Å². The van der Waals surface area contributed by atoms with Crippen LogP contribution < -0.4 is 15.0 Å². The molecule has 2 amide bonds. The van der Waals surface area contributed by atoms with Crippen LogP contribution in [0.5, 0.6) is 5.75 Å². The van der Waals surface area contributed by atoms with Gasteiger partial charge in [-0.05, 0) is 35.4 Å². The number of rotatable bonds is 5. The summed E-state index contributed by atoms with van der Waals surface area (Å²) in [6.07, 6.45) is 4.29. The van der Waals surface area contributed by atoms with E-state index in [0.29, 0.717) is 6.54 Å². The SMILES string of the molecule is CNC(=O)C1CC(=O)N(c2ccc(C=Cc3cccc(OC)c3)cc2)C1. The van der Waals surface area contributed by atoms with Gasteiger partial charge in [-0.15, -0.1) is 0 Å². The molecule has 0 bridgehead atoms. The van der Waals surface area contributed by atoms with Crippen LogP contribution in [0.1, 0.15) is 17.5 Å². The number of nitrogens with one attached hydrogen (secondary N) is 1. The minimum atomic E-state index is -0.278. The van der Waals surface area contributed by atoms with Crippen LogP contribution in [-0.4, -0.2) is 32.5 Å². The van der Waals surface area contributed by atoms with E-state index < -0.39 is 0 Å². The summed E-state index contributed by atoms with van der Waals surface area (Å²) >= 11 is 0. The molecule has 1 heterocycles. The Morgan fingerprint density at radius 3 is 2.58 bits per heavy atom. The van der Waals surface area contributed by atoms with Crippen LogP contribution in [0.2, 0.25) is 0 Å². The van der Waals surface area contributed by atoms with Gasteiger partial charge in [0.1, 0.15) is 5.75 Å². The van der Waals surface area contributed by atoms with Crippen LogP contribution in [0.3, 0.4) is 0 Å². The second-order valence-electron chi connectivity index (χ2n) is 6.22. The molecular weight excluding hydrogens is 328 g/mol. The standard InChI is InChI=1S/C21H22N2O3/c1-22-21(25)17-13-20(24)23(14-17)18-10-8-15(9-11-18)6-7-16-4-3-5-19(12-16)26-2/h3-12,17H,13-14H2,1-2H3,(H,22,25). The van der Waals surface area contributed by atoms with Crippen LogP contribution in [0.15, 0.2) is 48.5 Å². The zero-order valence-electron chi connectivity index (χ0n) is 14.9. The Morgan fingerprint density at radius 2 is 1.88 bits per heavy atom. The molecule has 0 aliphatic carbocycles. The molecule has 0 spiro atoms. The highest BCUT2D eigenvalue weighted by Crippen LogP contribution is 2.26. The molecule has 1 unspecified atom stereocenters. The highest BCUT2D eigenvalue weighted by atomic mass is 16.5. The summed E-state index contributed by atoms with van der Waals surface area (Å²) in [5.41, 5.74) is 2.91. The number of anilines is 1. The Bertz CT molecular complexity index is 827. The van der Waals surface area contributed by atoms with Crippen molar-refractivity contribution in [3.05, 3.63) is 59.7 Å². The van der Waals surface area contributed by atoms with Gasteiger partial charge in [0.2, 0.25) is 11.8 Å². The zero-order chi connectivity index (χ0) is 18.5. The molecule has 5 nitrogen and oxygen atoms in total. The van der Waals surface area contributed by atoms with Gasteiger partial charge in [0, 0.05) is 25.7 Å². The molecule has 1 N–H and O–H groups in total. The first-order chi connectivity index (χ1) is 12.6. The van der Waals surface area contributed by atoms with Crippen LogP contribution in [0.4, 0.5) is 5.69 Å². The van der Waals surface area contributed by atoms with E-state index in [4.69, 9.17) is 4.74 Å². The maximum Gasteiger partial charge on any atom is 0.227 e. The lowest BCUT2D eigenvalue weighted by atomic mass is 10.1. The molecule has 1 fully saturated rings. The molecule has 3 rings (SSSR count). The third-order valence-electron chi connectivity index (χ3n) is 4.51. The molecule has 134 valence electrons. The summed E-state index contributed by atoms with van der Waals surface area (Å²) in [6, 6.07) is 15.6. The number of amides is 2. The van der Waals surface area contributed by atoms with Gasteiger partial charge in [-0.2, -0.15) is 0 Å². The fraction of sp³-hybridized carbons (Fsp3) is 0.238. The van der Waals surface area contributed by atoms with Crippen LogP contribution in [-0.2, 0) is 9.59 Å². The highest BCUT2D eigenvalue weighted by Gasteiger charge is 2.34. The van der Waals surface area contributed by atoms with E-state index in [9.17, 15) is 9.59 Å². The smallest absolute Gasteiger partial charge is 0.227 e. The number of carbonyl (C=O) groups excluding carboxylic acids is 2. The predicted octanol–water partition coefficient (Wildman–Crippen LogP) is 2.96. The van der Waals surface area contributed by atoms with Crippen LogP contribution in [0.25, 0.3) is 12.2 Å². The van der Waals surface area contributed by atoms with Gasteiger partial charge in [0.15, 0.2) is 0 Å². The van der Waals surface area contributed by atoms with Crippen LogP contribution >= 0.6 is 0 Å². The number of benzene rings is 2. The summed E-state index contributed by atoms with van der Waals surface area (Å²) in [5.74, 6) is 0.442. The first kappa shape index (κ1) is 17.7. The lowest BCUT2D eigenvalue weighted by Gasteiger charge is -2.16. The largest absolute Gasteiger partial charge is 0.497 e. The third kappa shape index (κ3) is 3.94. The number of carbonyl (C=O) groups is 2. The fourth-order valence-corrected chi connectivity index (χ4v) is 3.04. The molecule has 2 aromatic rings. The Labute approximate surface area is 153 Å². The Kier molecular flexibility index (Phi) is 5.37. The second kappa shape index (κ2) is 7.87. The summed E-state index contributed by atoms with van der Waals surface area (Å²) in [6.45, 7) is 0.428. The first-order valence-corrected chi connectivity index (χ1v) is 8.55. The number of nitrogens with zero attached hydrogens (tertiary/aromatic N) is 1. The molecule has 26 heavy (non-hydrogen) atoms. The highest BCUT2D eigenvalue weighted by molar-refractivity contribution is 6.00. The van der Waals surface area contributed by atoms with Gasteiger partial charge < -0.3 is 15.0 Å². The molecular formula is C21H22N2O3. The molecule has 0 saturated carbocycles. The Hall–Kier alpha value is -3.08. The van der Waals surface area contributed by atoms with Crippen molar-refractivity contribution in [2.75, 3.05) is 25.6 Å². The van der Waals surface area contributed by atoms with Gasteiger partial charge in [-0.1, -0.05) is 36.4 Å². The number of methoxy groups -OCH3 is 1. The van der Waals surface area contributed by atoms with Crippen molar-refractivity contribution in [2.24, 2.45) is 5.92 Å². The van der Waals surface area contributed by atoms with Crippen molar-refractivity contribution in [3.8, 4) is 5.75 Å². The molecule has 1 aliphatic rings. The van der Waals surface area contributed by atoms with Crippen LogP contribution in [0, 0.1) is 5.92 Å². The number of ether oxygens (including phenoxy) is 1. The van der Waals surface area contributed by atoms with Gasteiger partial charge in [-0.25, -0.2) is 0 Å². The molecule has 0 radical (unpaired) electrons. The average Bonchev–Trinajstić information content (AvgIpc) is 3.08. The maximum absolute atomic E-state index is 12.2. The number of hydrogen-bond donors (Lipinski definition) is 1. The summed E-state index contributed by atoms with van der Waals surface area (Å²) in [7, 11) is 3.24. The Morgan fingerprint density at radius 1 is 1.15 bits per heavy atom. The van der Waals surface area contributed by atoms with E-state index in [1.807, 2.05) is 60.7 Å². The monoisotopic (exact) mass is 350 g/mol. The molecule has 5 heteroatoms. The predicted molar refractivity (Wildman–Crippen MR) is 103 cm³/mol. The maximum atomic E-state index is 12.2. The molecule has 1 aliphatic heterocycles. The van der Waals surface area contributed by atoms with Crippen molar-refractivity contribution >= 4 is 29.7 Å². The quantitative estimate of drug-likeness (QED) is 0.844. The lowest BCUT2D eigenvalue weighted by molar-refractivity contribution is -0.125. The van der Waals surface area contributed by atoms with Crippen molar-refractivity contribution in [1.82, 2.24) is 5.32 Å². The summed E-state index contributed by atoms with van der Waals surface area (Å²) in [5, 5.41) is 2.61. The minimum absolute atomic E-state index is 0.0155.